The molecule has 1 heterocycles. The predicted molar refractivity (Wildman–Crippen MR) is 83.7 cm³/mol. The summed E-state index contributed by atoms with van der Waals surface area (Å²) in [6.07, 6.45) is 7.49. The maximum Gasteiger partial charge on any atom is 0.145 e. The van der Waals surface area contributed by atoms with Crippen molar-refractivity contribution in [2.45, 2.75) is 46.0 Å². The van der Waals surface area contributed by atoms with Crippen LogP contribution in [0.25, 0.3) is 0 Å². The second-order valence-electron chi connectivity index (χ2n) is 5.02. The van der Waals surface area contributed by atoms with E-state index in [1.54, 1.807) is 17.3 Å². The molecule has 1 aromatic carbocycles. The Morgan fingerprint density at radius 1 is 1.05 bits per heavy atom. The van der Waals surface area contributed by atoms with Crippen molar-refractivity contribution in [2.24, 2.45) is 0 Å². The summed E-state index contributed by atoms with van der Waals surface area (Å²) < 4.78 is 0. The van der Waals surface area contributed by atoms with Crippen LogP contribution >= 0.6 is 0 Å². The van der Waals surface area contributed by atoms with Crippen LogP contribution in [0.3, 0.4) is 0 Å². The Balaban J connectivity index is 0.000000149. The first-order valence-electron chi connectivity index (χ1n) is 7.41. The van der Waals surface area contributed by atoms with E-state index in [0.29, 0.717) is 5.82 Å². The van der Waals surface area contributed by atoms with E-state index in [2.05, 4.69) is 34.2 Å². The number of hydrogen-bond acceptors (Lipinski definition) is 3. The van der Waals surface area contributed by atoms with Crippen molar-refractivity contribution in [1.29, 1.82) is 0 Å². The highest BCUT2D eigenvalue weighted by molar-refractivity contribution is 5.34. The third kappa shape index (κ3) is 3.56. The van der Waals surface area contributed by atoms with Crippen molar-refractivity contribution in [3.05, 3.63) is 53.0 Å². The largest absolute Gasteiger partial charge is 0.382 e. The van der Waals surface area contributed by atoms with Crippen LogP contribution in [0.15, 0.2) is 30.5 Å². The summed E-state index contributed by atoms with van der Waals surface area (Å²) in [5.41, 5.74) is 10.6. The standard InChI is InChI=1S/C9H10.C8H13N3/c1-2-5-9-7-3-6-8(9)4-1;1-3-6-5-10-7(4-2)8(9)11-6/h1-2,4-5H,3,6-7H2;5H,3-4H2,1-2H3,(H2,9,11). The lowest BCUT2D eigenvalue weighted by Crippen LogP contribution is -2.02. The minimum Gasteiger partial charge on any atom is -0.382 e. The van der Waals surface area contributed by atoms with Gasteiger partial charge in [-0.3, -0.25) is 4.98 Å². The lowest BCUT2D eigenvalue weighted by Gasteiger charge is -2.01. The first-order chi connectivity index (χ1) is 9.74. The minimum atomic E-state index is 0.576. The van der Waals surface area contributed by atoms with Gasteiger partial charge in [0.15, 0.2) is 0 Å². The Morgan fingerprint density at radius 3 is 2.20 bits per heavy atom. The van der Waals surface area contributed by atoms with Crippen LogP contribution in [0.4, 0.5) is 5.82 Å². The van der Waals surface area contributed by atoms with Gasteiger partial charge in [0.25, 0.3) is 0 Å². The average Bonchev–Trinajstić information content (AvgIpc) is 2.96. The molecule has 2 N–H and O–H groups in total. The molecular formula is C17H23N3. The number of nitrogen functional groups attached to an aromatic ring is 1. The molecule has 0 amide bonds. The highest BCUT2D eigenvalue weighted by Crippen LogP contribution is 2.20. The summed E-state index contributed by atoms with van der Waals surface area (Å²) in [5.74, 6) is 0.576. The molecule has 3 rings (SSSR count). The zero-order chi connectivity index (χ0) is 14.4. The highest BCUT2D eigenvalue weighted by Gasteiger charge is 2.07. The van der Waals surface area contributed by atoms with Crippen molar-refractivity contribution in [1.82, 2.24) is 9.97 Å². The minimum absolute atomic E-state index is 0.576. The molecule has 106 valence electrons. The molecule has 3 nitrogen and oxygen atoms in total. The van der Waals surface area contributed by atoms with Gasteiger partial charge in [0.05, 0.1) is 11.4 Å². The molecule has 0 bridgehead atoms. The quantitative estimate of drug-likeness (QED) is 0.909. The van der Waals surface area contributed by atoms with Crippen LogP contribution < -0.4 is 5.73 Å². The van der Waals surface area contributed by atoms with Crippen LogP contribution in [-0.4, -0.2) is 9.97 Å². The number of rotatable bonds is 2. The van der Waals surface area contributed by atoms with Crippen LogP contribution in [-0.2, 0) is 25.7 Å². The molecule has 0 saturated heterocycles. The van der Waals surface area contributed by atoms with E-state index in [9.17, 15) is 0 Å². The number of nitrogens with zero attached hydrogens (tertiary/aromatic N) is 2. The molecule has 0 saturated carbocycles. The number of aryl methyl sites for hydroxylation is 4. The molecule has 0 fully saturated rings. The highest BCUT2D eigenvalue weighted by atomic mass is 14.9. The van der Waals surface area contributed by atoms with E-state index in [4.69, 9.17) is 5.73 Å². The van der Waals surface area contributed by atoms with Gasteiger partial charge in [0.2, 0.25) is 0 Å². The van der Waals surface area contributed by atoms with Crippen molar-refractivity contribution >= 4 is 5.82 Å². The van der Waals surface area contributed by atoms with E-state index in [0.717, 1.165) is 24.2 Å². The van der Waals surface area contributed by atoms with Crippen LogP contribution in [0.5, 0.6) is 0 Å². The summed E-state index contributed by atoms with van der Waals surface area (Å²) in [5, 5.41) is 0. The van der Waals surface area contributed by atoms with Gasteiger partial charge in [-0.05, 0) is 43.2 Å². The Labute approximate surface area is 121 Å². The zero-order valence-corrected chi connectivity index (χ0v) is 12.4. The smallest absolute Gasteiger partial charge is 0.145 e. The Kier molecular flexibility index (Phi) is 5.10. The van der Waals surface area contributed by atoms with Gasteiger partial charge < -0.3 is 5.73 Å². The van der Waals surface area contributed by atoms with E-state index in [1.165, 1.54) is 19.3 Å². The van der Waals surface area contributed by atoms with E-state index in [1.807, 2.05) is 13.8 Å². The number of benzene rings is 1. The van der Waals surface area contributed by atoms with Crippen LogP contribution in [0, 0.1) is 0 Å². The van der Waals surface area contributed by atoms with E-state index >= 15 is 0 Å². The predicted octanol–water partition coefficient (Wildman–Crippen LogP) is 3.36. The van der Waals surface area contributed by atoms with Crippen molar-refractivity contribution in [2.75, 3.05) is 5.73 Å². The maximum absolute atomic E-state index is 5.63. The second kappa shape index (κ2) is 7.04. The molecule has 0 unspecified atom stereocenters. The molecule has 0 aliphatic heterocycles. The Bertz CT molecular complexity index is 541. The van der Waals surface area contributed by atoms with Crippen molar-refractivity contribution < 1.29 is 0 Å². The number of fused-ring (bicyclic) bond motifs is 1. The third-order valence-corrected chi connectivity index (χ3v) is 3.64. The topological polar surface area (TPSA) is 51.8 Å². The number of anilines is 1. The fraction of sp³-hybridized carbons (Fsp3) is 0.412. The molecule has 20 heavy (non-hydrogen) atoms. The molecule has 0 spiro atoms. The fourth-order valence-corrected chi connectivity index (χ4v) is 2.42. The average molecular weight is 269 g/mol. The summed E-state index contributed by atoms with van der Waals surface area (Å²) in [7, 11) is 0. The van der Waals surface area contributed by atoms with Gasteiger partial charge >= 0.3 is 0 Å². The van der Waals surface area contributed by atoms with E-state index < -0.39 is 0 Å². The summed E-state index contributed by atoms with van der Waals surface area (Å²) in [6, 6.07) is 8.74. The molecule has 3 heteroatoms. The van der Waals surface area contributed by atoms with Gasteiger partial charge in [0, 0.05) is 6.20 Å². The lowest BCUT2D eigenvalue weighted by molar-refractivity contribution is 0.912. The Morgan fingerprint density at radius 2 is 1.70 bits per heavy atom. The number of hydrogen-bond donors (Lipinski definition) is 1. The first-order valence-corrected chi connectivity index (χ1v) is 7.41. The van der Waals surface area contributed by atoms with Gasteiger partial charge in [-0.15, -0.1) is 0 Å². The molecule has 1 aromatic heterocycles. The van der Waals surface area contributed by atoms with Gasteiger partial charge in [0.1, 0.15) is 5.82 Å². The second-order valence-corrected chi connectivity index (χ2v) is 5.02. The third-order valence-electron chi connectivity index (χ3n) is 3.64. The van der Waals surface area contributed by atoms with Crippen LogP contribution in [0.2, 0.25) is 0 Å². The van der Waals surface area contributed by atoms with E-state index in [-0.39, 0.29) is 0 Å². The van der Waals surface area contributed by atoms with Gasteiger partial charge in [-0.25, -0.2) is 4.98 Å². The van der Waals surface area contributed by atoms with Gasteiger partial charge in [-0.1, -0.05) is 38.1 Å². The number of aromatic nitrogens is 2. The first kappa shape index (κ1) is 14.5. The van der Waals surface area contributed by atoms with Crippen molar-refractivity contribution in [3.63, 3.8) is 0 Å². The molecular weight excluding hydrogens is 246 g/mol. The summed E-state index contributed by atoms with van der Waals surface area (Å²) >= 11 is 0. The SMILES string of the molecule is CCc1cnc(CC)c(N)n1.c1ccc2c(c1)CCC2. The Hall–Kier alpha value is -1.90. The summed E-state index contributed by atoms with van der Waals surface area (Å²) in [4.78, 5) is 8.36. The van der Waals surface area contributed by atoms with Crippen LogP contribution in [0.1, 0.15) is 42.8 Å². The van der Waals surface area contributed by atoms with Crippen molar-refractivity contribution in [3.8, 4) is 0 Å². The molecule has 2 aromatic rings. The zero-order valence-electron chi connectivity index (χ0n) is 12.4. The molecule has 1 aliphatic rings. The normalized spacial score (nSPS) is 12.5. The number of nitrogens with two attached hydrogens (primary N) is 1. The fourth-order valence-electron chi connectivity index (χ4n) is 2.42. The molecule has 0 atom stereocenters. The molecule has 1 aliphatic carbocycles. The molecule has 0 radical (unpaired) electrons. The summed E-state index contributed by atoms with van der Waals surface area (Å²) in [6.45, 7) is 4.06. The van der Waals surface area contributed by atoms with Gasteiger partial charge in [-0.2, -0.15) is 0 Å². The monoisotopic (exact) mass is 269 g/mol. The lowest BCUT2D eigenvalue weighted by atomic mass is 10.1. The maximum atomic E-state index is 5.63.